The number of fused-ring (bicyclic) bond motifs is 2. The zero-order chi connectivity index (χ0) is 21.6. The number of ether oxygens (including phenoxy) is 6. The summed E-state index contributed by atoms with van der Waals surface area (Å²) in [6.45, 7) is 4.27. The Morgan fingerprint density at radius 1 is 0.742 bits per heavy atom. The van der Waals surface area contributed by atoms with E-state index in [4.69, 9.17) is 39.9 Å². The van der Waals surface area contributed by atoms with Gasteiger partial charge in [0.05, 0.1) is 0 Å². The van der Waals surface area contributed by atoms with Crippen molar-refractivity contribution in [1.82, 2.24) is 0 Å². The number of hydrogen-bond donors (Lipinski definition) is 2. The minimum absolute atomic E-state index is 0.245. The predicted molar refractivity (Wildman–Crippen MR) is 112 cm³/mol. The number of nitrogens with two attached hydrogens (primary N) is 2. The van der Waals surface area contributed by atoms with Crippen LogP contribution in [0.2, 0.25) is 0 Å². The third-order valence-corrected chi connectivity index (χ3v) is 5.82. The van der Waals surface area contributed by atoms with E-state index in [0.717, 1.165) is 34.1 Å². The van der Waals surface area contributed by atoms with Crippen LogP contribution in [0.4, 0.5) is 0 Å². The molecule has 1 saturated heterocycles. The fourth-order valence-corrected chi connectivity index (χ4v) is 4.39. The molecule has 4 N–H and O–H groups in total. The Morgan fingerprint density at radius 3 is 1.61 bits per heavy atom. The molecule has 2 aromatic carbocycles. The smallest absolute Gasteiger partial charge is 0.231 e. The third kappa shape index (κ3) is 4.16. The Balaban J connectivity index is 1.29. The summed E-state index contributed by atoms with van der Waals surface area (Å²) >= 11 is 0. The highest BCUT2D eigenvalue weighted by Crippen LogP contribution is 2.36. The Labute approximate surface area is 181 Å². The molecule has 3 heterocycles. The van der Waals surface area contributed by atoms with Gasteiger partial charge in [-0.05, 0) is 62.1 Å². The fourth-order valence-electron chi connectivity index (χ4n) is 4.39. The summed E-state index contributed by atoms with van der Waals surface area (Å²) in [6, 6.07) is 11.1. The third-order valence-electron chi connectivity index (χ3n) is 5.82. The Bertz CT molecular complexity index is 890. The summed E-state index contributed by atoms with van der Waals surface area (Å²) in [5.74, 6) is 2.23. The van der Waals surface area contributed by atoms with Gasteiger partial charge in [-0.3, -0.25) is 0 Å². The van der Waals surface area contributed by atoms with Crippen molar-refractivity contribution >= 4 is 0 Å². The van der Waals surface area contributed by atoms with Crippen LogP contribution in [0, 0.1) is 0 Å². The lowest BCUT2D eigenvalue weighted by molar-refractivity contribution is -0.149. The minimum atomic E-state index is -0.756. The number of hydrogen-bond acceptors (Lipinski definition) is 8. The second-order valence-corrected chi connectivity index (χ2v) is 8.68. The van der Waals surface area contributed by atoms with E-state index in [1.807, 2.05) is 50.2 Å². The molecule has 3 aliphatic rings. The molecule has 5 rings (SSSR count). The second kappa shape index (κ2) is 7.87. The van der Waals surface area contributed by atoms with E-state index in [9.17, 15) is 0 Å². The fraction of sp³-hybridized carbons (Fsp3) is 0.478. The molecule has 8 nitrogen and oxygen atoms in total. The highest BCUT2D eigenvalue weighted by molar-refractivity contribution is 5.45. The SMILES string of the molecule is CC1(C)O[C@@H]([C@H](N)Cc2ccc3c(c2)OCO3)[C@H]([C@H](N)Cc2ccc3c(c2)OCO3)O1. The van der Waals surface area contributed by atoms with Crippen molar-refractivity contribution in [1.29, 1.82) is 0 Å². The first-order valence-corrected chi connectivity index (χ1v) is 10.5. The van der Waals surface area contributed by atoms with Crippen molar-refractivity contribution in [2.45, 2.75) is 56.8 Å². The molecule has 0 aromatic heterocycles. The summed E-state index contributed by atoms with van der Waals surface area (Å²) in [5.41, 5.74) is 15.3. The first kappa shape index (κ1) is 20.4. The van der Waals surface area contributed by atoms with E-state index in [-0.39, 0.29) is 37.9 Å². The zero-order valence-electron chi connectivity index (χ0n) is 17.7. The van der Waals surface area contributed by atoms with Gasteiger partial charge in [-0.15, -0.1) is 0 Å². The van der Waals surface area contributed by atoms with Crippen molar-refractivity contribution in [3.8, 4) is 23.0 Å². The maximum atomic E-state index is 6.60. The van der Waals surface area contributed by atoms with Crippen LogP contribution in [-0.4, -0.2) is 43.7 Å². The topological polar surface area (TPSA) is 107 Å². The van der Waals surface area contributed by atoms with Crippen LogP contribution >= 0.6 is 0 Å². The van der Waals surface area contributed by atoms with E-state index in [1.165, 1.54) is 0 Å². The molecular weight excluding hydrogens is 400 g/mol. The van der Waals surface area contributed by atoms with Gasteiger partial charge in [0.15, 0.2) is 28.8 Å². The predicted octanol–water partition coefficient (Wildman–Crippen LogP) is 2.10. The lowest BCUT2D eigenvalue weighted by atomic mass is 9.92. The molecule has 2 aromatic rings. The normalized spacial score (nSPS) is 24.9. The van der Waals surface area contributed by atoms with E-state index in [2.05, 4.69) is 0 Å². The van der Waals surface area contributed by atoms with Crippen molar-refractivity contribution in [3.63, 3.8) is 0 Å². The molecule has 8 heteroatoms. The monoisotopic (exact) mass is 428 g/mol. The Morgan fingerprint density at radius 2 is 1.16 bits per heavy atom. The van der Waals surface area contributed by atoms with Gasteiger partial charge in [0.25, 0.3) is 0 Å². The zero-order valence-corrected chi connectivity index (χ0v) is 17.7. The molecule has 0 saturated carbocycles. The molecule has 3 aliphatic heterocycles. The van der Waals surface area contributed by atoms with Gasteiger partial charge in [0, 0.05) is 12.1 Å². The molecule has 0 aliphatic carbocycles. The quantitative estimate of drug-likeness (QED) is 0.720. The number of benzene rings is 2. The number of rotatable bonds is 6. The average molecular weight is 428 g/mol. The van der Waals surface area contributed by atoms with Gasteiger partial charge in [-0.2, -0.15) is 0 Å². The van der Waals surface area contributed by atoms with Crippen LogP contribution in [0.25, 0.3) is 0 Å². The van der Waals surface area contributed by atoms with Gasteiger partial charge in [-0.1, -0.05) is 12.1 Å². The molecule has 0 spiro atoms. The maximum Gasteiger partial charge on any atom is 0.231 e. The largest absolute Gasteiger partial charge is 0.454 e. The van der Waals surface area contributed by atoms with Crippen LogP contribution in [0.3, 0.4) is 0 Å². The van der Waals surface area contributed by atoms with Crippen LogP contribution in [0.5, 0.6) is 23.0 Å². The van der Waals surface area contributed by atoms with Crippen LogP contribution < -0.4 is 30.4 Å². The first-order chi connectivity index (χ1) is 14.9. The molecule has 0 amide bonds. The second-order valence-electron chi connectivity index (χ2n) is 8.68. The lowest BCUT2D eigenvalue weighted by Crippen LogP contribution is -2.51. The molecule has 31 heavy (non-hydrogen) atoms. The highest BCUT2D eigenvalue weighted by atomic mass is 16.8. The summed E-state index contributed by atoms with van der Waals surface area (Å²) < 4.78 is 34.1. The summed E-state index contributed by atoms with van der Waals surface area (Å²) in [7, 11) is 0. The summed E-state index contributed by atoms with van der Waals surface area (Å²) in [6.07, 6.45) is 0.524. The van der Waals surface area contributed by atoms with Gasteiger partial charge in [-0.25, -0.2) is 0 Å². The summed E-state index contributed by atoms with van der Waals surface area (Å²) in [4.78, 5) is 0. The van der Waals surface area contributed by atoms with Crippen molar-refractivity contribution in [2.75, 3.05) is 13.6 Å². The van der Waals surface area contributed by atoms with E-state index in [0.29, 0.717) is 12.8 Å². The van der Waals surface area contributed by atoms with E-state index < -0.39 is 5.79 Å². The Hall–Kier alpha value is -2.52. The minimum Gasteiger partial charge on any atom is -0.454 e. The van der Waals surface area contributed by atoms with E-state index in [1.54, 1.807) is 0 Å². The van der Waals surface area contributed by atoms with Gasteiger partial charge in [0.1, 0.15) is 12.2 Å². The first-order valence-electron chi connectivity index (χ1n) is 10.5. The van der Waals surface area contributed by atoms with Crippen LogP contribution in [0.15, 0.2) is 36.4 Å². The van der Waals surface area contributed by atoms with Crippen molar-refractivity contribution < 1.29 is 28.4 Å². The highest BCUT2D eigenvalue weighted by Gasteiger charge is 2.46. The average Bonchev–Trinajstić information content (AvgIpc) is 3.45. The Kier molecular flexibility index (Phi) is 5.18. The molecule has 166 valence electrons. The van der Waals surface area contributed by atoms with Crippen LogP contribution in [-0.2, 0) is 22.3 Å². The molecule has 0 radical (unpaired) electrons. The maximum absolute atomic E-state index is 6.60. The van der Waals surface area contributed by atoms with Crippen LogP contribution in [0.1, 0.15) is 25.0 Å². The van der Waals surface area contributed by atoms with Gasteiger partial charge in [0.2, 0.25) is 13.6 Å². The van der Waals surface area contributed by atoms with Gasteiger partial charge >= 0.3 is 0 Å². The molecule has 0 bridgehead atoms. The van der Waals surface area contributed by atoms with Crippen molar-refractivity contribution in [3.05, 3.63) is 47.5 Å². The molecular formula is C23H28N2O6. The lowest BCUT2D eigenvalue weighted by Gasteiger charge is -2.27. The van der Waals surface area contributed by atoms with Crippen molar-refractivity contribution in [2.24, 2.45) is 11.5 Å². The molecule has 0 unspecified atom stereocenters. The molecule has 1 fully saturated rings. The molecule has 4 atom stereocenters. The summed E-state index contributed by atoms with van der Waals surface area (Å²) in [5, 5.41) is 0. The standard InChI is InChI=1S/C23H28N2O6/c1-23(2)30-21(15(24)7-13-3-5-17-19(9-13)28-11-26-17)22(31-23)16(25)8-14-4-6-18-20(10-14)29-12-27-18/h3-6,9-10,15-16,21-22H,7-8,11-12,24-25H2,1-2H3/t15-,16-,21+,22+/m1/s1. The van der Waals surface area contributed by atoms with Gasteiger partial charge < -0.3 is 39.9 Å². The van der Waals surface area contributed by atoms with E-state index >= 15 is 0 Å².